The smallest absolute Gasteiger partial charge is 0.309 e. The van der Waals surface area contributed by atoms with Crippen molar-refractivity contribution in [3.63, 3.8) is 0 Å². The molecule has 0 aromatic heterocycles. The Bertz CT molecular complexity index is 231. The fourth-order valence-corrected chi connectivity index (χ4v) is 3.51. The fraction of sp³-hybridized carbons (Fsp3) is 0.917. The summed E-state index contributed by atoms with van der Waals surface area (Å²) >= 11 is 0. The van der Waals surface area contributed by atoms with Gasteiger partial charge in [0, 0.05) is 7.11 Å². The molecule has 3 nitrogen and oxygen atoms in total. The molecule has 0 radical (unpaired) electrons. The van der Waals surface area contributed by atoms with Crippen LogP contribution in [0.5, 0.6) is 0 Å². The highest BCUT2D eigenvalue weighted by molar-refractivity contribution is 5.73. The first kappa shape index (κ1) is 10.9. The summed E-state index contributed by atoms with van der Waals surface area (Å²) in [6.07, 6.45) is 4.94. The number of hydrogen-bond donors (Lipinski definition) is 0. The molecule has 3 heteroatoms. The molecule has 0 unspecified atom stereocenters. The number of carbonyl (C=O) groups excluding carboxylic acids is 1. The summed E-state index contributed by atoms with van der Waals surface area (Å²) in [7, 11) is 3.21. The highest BCUT2D eigenvalue weighted by atomic mass is 16.5. The number of carbonyl (C=O) groups is 1. The summed E-state index contributed by atoms with van der Waals surface area (Å²) in [4.78, 5) is 11.8. The van der Waals surface area contributed by atoms with E-state index in [4.69, 9.17) is 9.47 Å². The van der Waals surface area contributed by atoms with Crippen molar-refractivity contribution in [1.29, 1.82) is 0 Å². The summed E-state index contributed by atoms with van der Waals surface area (Å²) in [5.74, 6) is 1.70. The summed E-state index contributed by atoms with van der Waals surface area (Å²) in [6, 6.07) is 0. The molecule has 0 aromatic carbocycles. The molecule has 86 valence electrons. The number of fused-ring (bicyclic) bond motifs is 3. The summed E-state index contributed by atoms with van der Waals surface area (Å²) in [6.45, 7) is 0.709. The molecule has 3 saturated carbocycles. The molecule has 2 bridgehead atoms. The lowest BCUT2D eigenvalue weighted by Crippen LogP contribution is -2.46. The van der Waals surface area contributed by atoms with Crippen molar-refractivity contribution in [2.45, 2.75) is 25.7 Å². The van der Waals surface area contributed by atoms with E-state index in [1.165, 1.54) is 32.8 Å². The van der Waals surface area contributed by atoms with Crippen LogP contribution in [0.4, 0.5) is 0 Å². The van der Waals surface area contributed by atoms with Gasteiger partial charge in [-0.15, -0.1) is 0 Å². The Balaban J connectivity index is 2.13. The lowest BCUT2D eigenvalue weighted by Gasteiger charge is -2.46. The van der Waals surface area contributed by atoms with Gasteiger partial charge < -0.3 is 9.47 Å². The van der Waals surface area contributed by atoms with Crippen LogP contribution < -0.4 is 0 Å². The van der Waals surface area contributed by atoms with Crippen LogP contribution in [-0.2, 0) is 14.3 Å². The molecule has 0 N–H and O–H groups in total. The van der Waals surface area contributed by atoms with Crippen LogP contribution in [0.3, 0.4) is 0 Å². The van der Waals surface area contributed by atoms with Crippen LogP contribution in [0, 0.1) is 23.7 Å². The second-order valence-corrected chi connectivity index (χ2v) is 4.84. The Kier molecular flexibility index (Phi) is 3.29. The molecule has 0 spiro atoms. The van der Waals surface area contributed by atoms with E-state index < -0.39 is 0 Å². The Morgan fingerprint density at radius 3 is 2.27 bits per heavy atom. The topological polar surface area (TPSA) is 35.5 Å². The van der Waals surface area contributed by atoms with E-state index in [1.807, 2.05) is 0 Å². The molecular weight excluding hydrogens is 192 g/mol. The van der Waals surface area contributed by atoms with Gasteiger partial charge in [-0.25, -0.2) is 0 Å². The standard InChI is InChI=1S/C12H20O3/c1-14-7-10-8-3-5-9(6-4-8)11(10)12(13)15-2/h8-11H,3-7H2,1-2H3/t8?,9?,10-,11-/m1/s1. The third kappa shape index (κ3) is 1.89. The monoisotopic (exact) mass is 212 g/mol. The SMILES string of the molecule is COC[C@@H]1C2CCC(CC2)[C@H]1C(=O)OC. The molecule has 0 aromatic rings. The summed E-state index contributed by atoms with van der Waals surface area (Å²) in [5, 5.41) is 0. The number of esters is 1. The van der Waals surface area contributed by atoms with Crippen LogP contribution in [0.15, 0.2) is 0 Å². The third-order valence-electron chi connectivity index (χ3n) is 4.22. The van der Waals surface area contributed by atoms with E-state index in [1.54, 1.807) is 7.11 Å². The highest BCUT2D eigenvalue weighted by Gasteiger charge is 2.47. The van der Waals surface area contributed by atoms with E-state index in [9.17, 15) is 4.79 Å². The van der Waals surface area contributed by atoms with Gasteiger partial charge in [0.1, 0.15) is 0 Å². The van der Waals surface area contributed by atoms with Crippen LogP contribution in [0.25, 0.3) is 0 Å². The lowest BCUT2D eigenvalue weighted by molar-refractivity contribution is -0.158. The van der Waals surface area contributed by atoms with Gasteiger partial charge in [0.15, 0.2) is 0 Å². The van der Waals surface area contributed by atoms with Gasteiger partial charge in [-0.3, -0.25) is 4.79 Å². The minimum atomic E-state index is -0.0218. The van der Waals surface area contributed by atoms with Crippen LogP contribution in [-0.4, -0.2) is 26.8 Å². The third-order valence-corrected chi connectivity index (χ3v) is 4.22. The van der Waals surface area contributed by atoms with Crippen LogP contribution in [0.1, 0.15) is 25.7 Å². The van der Waals surface area contributed by atoms with Gasteiger partial charge >= 0.3 is 5.97 Å². The van der Waals surface area contributed by atoms with Gasteiger partial charge in [0.2, 0.25) is 0 Å². The van der Waals surface area contributed by atoms with Crippen LogP contribution in [0.2, 0.25) is 0 Å². The van der Waals surface area contributed by atoms with E-state index >= 15 is 0 Å². The van der Waals surface area contributed by atoms with E-state index in [0.717, 1.165) is 0 Å². The lowest BCUT2D eigenvalue weighted by atomic mass is 9.59. The van der Waals surface area contributed by atoms with E-state index in [0.29, 0.717) is 24.4 Å². The highest BCUT2D eigenvalue weighted by Crippen LogP contribution is 2.49. The average molecular weight is 212 g/mol. The van der Waals surface area contributed by atoms with Crippen LogP contribution >= 0.6 is 0 Å². The van der Waals surface area contributed by atoms with Gasteiger partial charge in [0.05, 0.1) is 19.6 Å². The predicted octanol–water partition coefficient (Wildman–Crippen LogP) is 1.86. The van der Waals surface area contributed by atoms with Crippen molar-refractivity contribution in [2.24, 2.45) is 23.7 Å². The number of rotatable bonds is 3. The van der Waals surface area contributed by atoms with Gasteiger partial charge in [-0.2, -0.15) is 0 Å². The van der Waals surface area contributed by atoms with Gasteiger partial charge in [-0.05, 0) is 43.4 Å². The van der Waals surface area contributed by atoms with E-state index in [-0.39, 0.29) is 11.9 Å². The first-order chi connectivity index (χ1) is 7.27. The Labute approximate surface area is 91.1 Å². The molecule has 2 atom stereocenters. The molecule has 3 fully saturated rings. The second-order valence-electron chi connectivity index (χ2n) is 4.84. The second kappa shape index (κ2) is 4.52. The molecule has 0 heterocycles. The zero-order valence-electron chi connectivity index (χ0n) is 9.57. The maximum Gasteiger partial charge on any atom is 0.309 e. The molecule has 3 aliphatic carbocycles. The number of hydrogen-bond acceptors (Lipinski definition) is 3. The minimum absolute atomic E-state index is 0.0218. The molecule has 0 saturated heterocycles. The number of methoxy groups -OCH3 is 2. The first-order valence-electron chi connectivity index (χ1n) is 5.84. The fourth-order valence-electron chi connectivity index (χ4n) is 3.51. The normalized spacial score (nSPS) is 39.1. The molecule has 0 aliphatic heterocycles. The van der Waals surface area contributed by atoms with Crippen molar-refractivity contribution in [3.05, 3.63) is 0 Å². The average Bonchev–Trinajstić information content (AvgIpc) is 2.30. The number of ether oxygens (including phenoxy) is 2. The summed E-state index contributed by atoms with van der Waals surface area (Å²) in [5.41, 5.74) is 0. The molecular formula is C12H20O3. The predicted molar refractivity (Wildman–Crippen MR) is 56.3 cm³/mol. The molecule has 0 amide bonds. The molecule has 3 rings (SSSR count). The van der Waals surface area contributed by atoms with E-state index in [2.05, 4.69) is 0 Å². The summed E-state index contributed by atoms with van der Waals surface area (Å²) < 4.78 is 10.2. The van der Waals surface area contributed by atoms with Crippen molar-refractivity contribution in [2.75, 3.05) is 20.8 Å². The Hall–Kier alpha value is -0.570. The first-order valence-corrected chi connectivity index (χ1v) is 5.84. The van der Waals surface area contributed by atoms with Gasteiger partial charge in [0.25, 0.3) is 0 Å². The van der Waals surface area contributed by atoms with Gasteiger partial charge in [-0.1, -0.05) is 0 Å². The largest absolute Gasteiger partial charge is 0.469 e. The van der Waals surface area contributed by atoms with Crippen molar-refractivity contribution >= 4 is 5.97 Å². The molecule has 15 heavy (non-hydrogen) atoms. The maximum atomic E-state index is 11.8. The zero-order chi connectivity index (χ0) is 10.8. The Morgan fingerprint density at radius 1 is 1.13 bits per heavy atom. The Morgan fingerprint density at radius 2 is 1.73 bits per heavy atom. The molecule has 3 aliphatic rings. The maximum absolute atomic E-state index is 11.8. The van der Waals surface area contributed by atoms with Crippen molar-refractivity contribution in [3.8, 4) is 0 Å². The van der Waals surface area contributed by atoms with Crippen molar-refractivity contribution in [1.82, 2.24) is 0 Å². The quantitative estimate of drug-likeness (QED) is 0.670. The van der Waals surface area contributed by atoms with Crippen molar-refractivity contribution < 1.29 is 14.3 Å². The minimum Gasteiger partial charge on any atom is -0.469 e. The zero-order valence-corrected chi connectivity index (χ0v) is 9.57.